The van der Waals surface area contributed by atoms with Gasteiger partial charge in [0.05, 0.1) is 0 Å². The van der Waals surface area contributed by atoms with E-state index in [0.717, 1.165) is 5.56 Å². The molecule has 1 aromatic heterocycles. The molecule has 2 heterocycles. The van der Waals surface area contributed by atoms with Crippen molar-refractivity contribution in [2.24, 2.45) is 0 Å². The monoisotopic (exact) mass is 363 g/mol. The summed E-state index contributed by atoms with van der Waals surface area (Å²) in [5.74, 6) is -0.525. The van der Waals surface area contributed by atoms with Crippen LogP contribution in [-0.2, 0) is 6.54 Å². The topological polar surface area (TPSA) is 56.4 Å². The van der Waals surface area contributed by atoms with E-state index in [4.69, 9.17) is 11.6 Å². The number of Topliss-reactive ketones (excluding diaryl/α,β-unsaturated/α-hetero) is 1. The van der Waals surface area contributed by atoms with Crippen molar-refractivity contribution in [2.45, 2.75) is 13.5 Å². The second kappa shape index (κ2) is 7.37. The third-order valence-electron chi connectivity index (χ3n) is 4.39. The highest BCUT2D eigenvalue weighted by molar-refractivity contribution is 6.31. The van der Waals surface area contributed by atoms with Crippen LogP contribution in [0, 0.1) is 5.82 Å². The minimum atomic E-state index is -0.347. The third kappa shape index (κ3) is 4.08. The summed E-state index contributed by atoms with van der Waals surface area (Å²) >= 11 is 6.07. The number of nitrogens with zero attached hydrogens (tertiary/aromatic N) is 2. The Kier molecular flexibility index (Phi) is 5.20. The van der Waals surface area contributed by atoms with Crippen LogP contribution in [0.4, 0.5) is 4.39 Å². The molecule has 1 aliphatic heterocycles. The van der Waals surface area contributed by atoms with Gasteiger partial charge in [-0.1, -0.05) is 17.7 Å². The molecule has 5 nitrogen and oxygen atoms in total. The zero-order chi connectivity index (χ0) is 18.0. The second-order valence-electron chi connectivity index (χ2n) is 6.16. The Morgan fingerprint density at radius 2 is 1.92 bits per heavy atom. The standard InChI is InChI=1S/C18H19ClFN3O2/c1-12(24)14-8-17(21-10-14)18(25)23-6-4-22(5-7-23)11-13-2-3-15(20)9-16(13)19/h2-3,8-10,21H,4-7,11H2,1H3. The summed E-state index contributed by atoms with van der Waals surface area (Å²) in [5, 5.41) is 0.418. The van der Waals surface area contributed by atoms with Gasteiger partial charge in [0, 0.05) is 49.5 Å². The molecule has 1 fully saturated rings. The molecule has 0 unspecified atom stereocenters. The van der Waals surface area contributed by atoms with Gasteiger partial charge in [-0.15, -0.1) is 0 Å². The Balaban J connectivity index is 1.57. The Morgan fingerprint density at radius 3 is 2.52 bits per heavy atom. The first-order valence-corrected chi connectivity index (χ1v) is 8.47. The Bertz CT molecular complexity index is 797. The van der Waals surface area contributed by atoms with Crippen LogP contribution in [0.25, 0.3) is 0 Å². The van der Waals surface area contributed by atoms with E-state index in [1.165, 1.54) is 19.1 Å². The van der Waals surface area contributed by atoms with E-state index in [0.29, 0.717) is 49.0 Å². The minimum Gasteiger partial charge on any atom is -0.356 e. The number of rotatable bonds is 4. The number of hydrogen-bond acceptors (Lipinski definition) is 3. The fraction of sp³-hybridized carbons (Fsp3) is 0.333. The van der Waals surface area contributed by atoms with Gasteiger partial charge in [0.15, 0.2) is 5.78 Å². The SMILES string of the molecule is CC(=O)c1c[nH]c(C(=O)N2CCN(Cc3ccc(F)cc3Cl)CC2)c1. The zero-order valence-electron chi connectivity index (χ0n) is 13.9. The van der Waals surface area contributed by atoms with Gasteiger partial charge in [0.1, 0.15) is 11.5 Å². The van der Waals surface area contributed by atoms with E-state index in [-0.39, 0.29) is 17.5 Å². The van der Waals surface area contributed by atoms with Crippen molar-refractivity contribution in [1.82, 2.24) is 14.8 Å². The average molecular weight is 364 g/mol. The van der Waals surface area contributed by atoms with Crippen LogP contribution in [0.3, 0.4) is 0 Å². The van der Waals surface area contributed by atoms with Crippen LogP contribution in [0.15, 0.2) is 30.5 Å². The van der Waals surface area contributed by atoms with Gasteiger partial charge in [-0.3, -0.25) is 14.5 Å². The highest BCUT2D eigenvalue weighted by Gasteiger charge is 2.23. The lowest BCUT2D eigenvalue weighted by Crippen LogP contribution is -2.48. The summed E-state index contributed by atoms with van der Waals surface area (Å²) in [6, 6.07) is 6.00. The molecule has 1 saturated heterocycles. The summed E-state index contributed by atoms with van der Waals surface area (Å²) in [6.45, 7) is 4.69. The van der Waals surface area contributed by atoms with Gasteiger partial charge in [-0.25, -0.2) is 4.39 Å². The van der Waals surface area contributed by atoms with E-state index >= 15 is 0 Å². The molecule has 3 rings (SSSR count). The van der Waals surface area contributed by atoms with Gasteiger partial charge >= 0.3 is 0 Å². The number of benzene rings is 1. The molecule has 0 atom stereocenters. The number of piperazine rings is 1. The van der Waals surface area contributed by atoms with E-state index in [2.05, 4.69) is 9.88 Å². The number of aromatic amines is 1. The van der Waals surface area contributed by atoms with Gasteiger partial charge in [-0.05, 0) is 30.7 Å². The van der Waals surface area contributed by atoms with Gasteiger partial charge in [0.25, 0.3) is 5.91 Å². The normalized spacial score (nSPS) is 15.4. The van der Waals surface area contributed by atoms with Crippen molar-refractivity contribution in [2.75, 3.05) is 26.2 Å². The van der Waals surface area contributed by atoms with Crippen molar-refractivity contribution in [3.8, 4) is 0 Å². The predicted octanol–water partition coefficient (Wildman–Crippen LogP) is 2.97. The van der Waals surface area contributed by atoms with Crippen LogP contribution < -0.4 is 0 Å². The summed E-state index contributed by atoms with van der Waals surface area (Å²) in [6.07, 6.45) is 1.56. The molecular weight excluding hydrogens is 345 g/mol. The van der Waals surface area contributed by atoms with Gasteiger partial charge < -0.3 is 9.88 Å². The molecular formula is C18H19ClFN3O2. The lowest BCUT2D eigenvalue weighted by molar-refractivity contribution is 0.0623. The zero-order valence-corrected chi connectivity index (χ0v) is 14.6. The van der Waals surface area contributed by atoms with Crippen molar-refractivity contribution >= 4 is 23.3 Å². The van der Waals surface area contributed by atoms with Crippen molar-refractivity contribution in [1.29, 1.82) is 0 Å². The number of hydrogen-bond donors (Lipinski definition) is 1. The summed E-state index contributed by atoms with van der Waals surface area (Å²) < 4.78 is 13.1. The summed E-state index contributed by atoms with van der Waals surface area (Å²) in [5.41, 5.74) is 1.81. The van der Waals surface area contributed by atoms with E-state index < -0.39 is 0 Å². The summed E-state index contributed by atoms with van der Waals surface area (Å²) in [4.78, 5) is 30.6. The molecule has 0 radical (unpaired) electrons. The molecule has 0 saturated carbocycles. The molecule has 0 aliphatic carbocycles. The highest BCUT2D eigenvalue weighted by atomic mass is 35.5. The number of aromatic nitrogens is 1. The van der Waals surface area contributed by atoms with Crippen molar-refractivity contribution in [3.05, 3.63) is 58.1 Å². The lowest BCUT2D eigenvalue weighted by atomic mass is 10.2. The smallest absolute Gasteiger partial charge is 0.270 e. The molecule has 7 heteroatoms. The number of ketones is 1. The molecule has 2 aromatic rings. The molecule has 1 N–H and O–H groups in total. The summed E-state index contributed by atoms with van der Waals surface area (Å²) in [7, 11) is 0. The second-order valence-corrected chi connectivity index (χ2v) is 6.57. The lowest BCUT2D eigenvalue weighted by Gasteiger charge is -2.34. The maximum atomic E-state index is 13.1. The fourth-order valence-corrected chi connectivity index (χ4v) is 3.12. The molecule has 1 aliphatic rings. The first-order chi connectivity index (χ1) is 11.9. The number of nitrogens with one attached hydrogen (secondary N) is 1. The first kappa shape index (κ1) is 17.6. The quantitative estimate of drug-likeness (QED) is 0.850. The molecule has 132 valence electrons. The first-order valence-electron chi connectivity index (χ1n) is 8.09. The van der Waals surface area contributed by atoms with Gasteiger partial charge in [0.2, 0.25) is 0 Å². The molecule has 1 aromatic carbocycles. The molecule has 25 heavy (non-hydrogen) atoms. The Hall–Kier alpha value is -2.18. The third-order valence-corrected chi connectivity index (χ3v) is 4.74. The molecule has 0 bridgehead atoms. The maximum absolute atomic E-state index is 13.1. The van der Waals surface area contributed by atoms with Crippen LogP contribution in [-0.4, -0.2) is 52.7 Å². The predicted molar refractivity (Wildman–Crippen MR) is 93.4 cm³/mol. The average Bonchev–Trinajstić information content (AvgIpc) is 3.08. The highest BCUT2D eigenvalue weighted by Crippen LogP contribution is 2.20. The Morgan fingerprint density at radius 1 is 1.20 bits per heavy atom. The molecule has 0 spiro atoms. The number of carbonyl (C=O) groups is 2. The largest absolute Gasteiger partial charge is 0.356 e. The van der Waals surface area contributed by atoms with E-state index in [1.807, 2.05) is 0 Å². The van der Waals surface area contributed by atoms with Crippen LogP contribution in [0.5, 0.6) is 0 Å². The van der Waals surface area contributed by atoms with Crippen LogP contribution >= 0.6 is 11.6 Å². The van der Waals surface area contributed by atoms with Crippen LogP contribution in [0.2, 0.25) is 5.02 Å². The Labute approximate surface area is 150 Å². The number of amides is 1. The van der Waals surface area contributed by atoms with E-state index in [1.54, 1.807) is 23.2 Å². The number of halogens is 2. The molecule has 1 amide bonds. The maximum Gasteiger partial charge on any atom is 0.270 e. The number of carbonyl (C=O) groups excluding carboxylic acids is 2. The van der Waals surface area contributed by atoms with Gasteiger partial charge in [-0.2, -0.15) is 0 Å². The fourth-order valence-electron chi connectivity index (χ4n) is 2.89. The number of H-pyrrole nitrogens is 1. The minimum absolute atomic E-state index is 0.0729. The van der Waals surface area contributed by atoms with Crippen molar-refractivity contribution in [3.63, 3.8) is 0 Å². The van der Waals surface area contributed by atoms with Crippen molar-refractivity contribution < 1.29 is 14.0 Å². The van der Waals surface area contributed by atoms with E-state index in [9.17, 15) is 14.0 Å². The van der Waals surface area contributed by atoms with Crippen LogP contribution in [0.1, 0.15) is 33.3 Å².